The number of amides is 1. The fraction of sp³-hybridized carbons (Fsp3) is 0.333. The van der Waals surface area contributed by atoms with Gasteiger partial charge in [0.25, 0.3) is 0 Å². The van der Waals surface area contributed by atoms with Crippen molar-refractivity contribution in [3.8, 4) is 0 Å². The van der Waals surface area contributed by atoms with Gasteiger partial charge in [-0.1, -0.05) is 5.16 Å². The molecule has 0 aliphatic carbocycles. The Morgan fingerprint density at radius 2 is 2.00 bits per heavy atom. The monoisotopic (exact) mass is 291 g/mol. The van der Waals surface area contributed by atoms with E-state index in [4.69, 9.17) is 4.52 Å². The van der Waals surface area contributed by atoms with Crippen LogP contribution in [0.1, 0.15) is 17.0 Å². The van der Waals surface area contributed by atoms with Gasteiger partial charge in [-0.25, -0.2) is 4.39 Å². The number of nitrogens with zero attached hydrogens (tertiary/aromatic N) is 2. The molecule has 2 rings (SSSR count). The quantitative estimate of drug-likeness (QED) is 0.919. The van der Waals surface area contributed by atoms with Gasteiger partial charge < -0.3 is 9.84 Å². The summed E-state index contributed by atoms with van der Waals surface area (Å²) in [5.74, 6) is 0.276. The summed E-state index contributed by atoms with van der Waals surface area (Å²) in [5.41, 5.74) is 2.40. The molecule has 21 heavy (non-hydrogen) atoms. The molecule has 0 aliphatic heterocycles. The number of halogens is 1. The largest absolute Gasteiger partial charge is 0.361 e. The van der Waals surface area contributed by atoms with Crippen molar-refractivity contribution in [2.45, 2.75) is 20.4 Å². The number of hydrogen-bond acceptors (Lipinski definition) is 4. The van der Waals surface area contributed by atoms with Crippen LogP contribution in [0.15, 0.2) is 28.8 Å². The molecule has 0 atom stereocenters. The lowest BCUT2D eigenvalue weighted by atomic mass is 10.2. The molecule has 6 heteroatoms. The molecule has 0 saturated carbocycles. The molecule has 0 bridgehead atoms. The first-order valence-corrected chi connectivity index (χ1v) is 6.61. The van der Waals surface area contributed by atoms with Gasteiger partial charge >= 0.3 is 0 Å². The van der Waals surface area contributed by atoms with E-state index < -0.39 is 0 Å². The predicted molar refractivity (Wildman–Crippen MR) is 77.3 cm³/mol. The third-order valence-corrected chi connectivity index (χ3v) is 3.15. The van der Waals surface area contributed by atoms with Crippen molar-refractivity contribution in [3.05, 3.63) is 47.1 Å². The molecule has 1 aromatic carbocycles. The zero-order chi connectivity index (χ0) is 15.4. The summed E-state index contributed by atoms with van der Waals surface area (Å²) in [5, 5.41) is 6.61. The molecule has 0 aliphatic rings. The second-order valence-electron chi connectivity index (χ2n) is 5.03. The number of likely N-dealkylation sites (N-methyl/N-ethyl adjacent to an activating group) is 1. The van der Waals surface area contributed by atoms with Crippen molar-refractivity contribution < 1.29 is 13.7 Å². The zero-order valence-electron chi connectivity index (χ0n) is 12.3. The molecule has 0 radical (unpaired) electrons. The minimum Gasteiger partial charge on any atom is -0.361 e. The molecule has 2 aromatic rings. The molecule has 0 saturated heterocycles. The smallest absolute Gasteiger partial charge is 0.238 e. The Morgan fingerprint density at radius 1 is 1.33 bits per heavy atom. The number of hydrogen-bond donors (Lipinski definition) is 1. The Bertz CT molecular complexity index is 603. The number of nitrogens with one attached hydrogen (secondary N) is 1. The average molecular weight is 291 g/mol. The molecule has 1 amide bonds. The van der Waals surface area contributed by atoms with Crippen molar-refractivity contribution >= 4 is 11.6 Å². The van der Waals surface area contributed by atoms with Gasteiger partial charge in [-0.3, -0.25) is 9.69 Å². The van der Waals surface area contributed by atoms with Crippen LogP contribution in [0, 0.1) is 19.7 Å². The third kappa shape index (κ3) is 4.13. The fourth-order valence-electron chi connectivity index (χ4n) is 2.03. The molecular formula is C15H18FN3O2. The maximum atomic E-state index is 12.8. The fourth-order valence-corrected chi connectivity index (χ4v) is 2.03. The van der Waals surface area contributed by atoms with Gasteiger partial charge in [0.05, 0.1) is 12.2 Å². The van der Waals surface area contributed by atoms with Gasteiger partial charge in [-0.2, -0.15) is 0 Å². The van der Waals surface area contributed by atoms with E-state index in [1.165, 1.54) is 24.3 Å². The van der Waals surface area contributed by atoms with Crippen molar-refractivity contribution in [1.29, 1.82) is 0 Å². The van der Waals surface area contributed by atoms with Crippen LogP contribution in [0.3, 0.4) is 0 Å². The van der Waals surface area contributed by atoms with Crippen LogP contribution in [0.4, 0.5) is 10.1 Å². The Morgan fingerprint density at radius 3 is 2.57 bits per heavy atom. The van der Waals surface area contributed by atoms with Gasteiger partial charge in [0.2, 0.25) is 5.91 Å². The highest BCUT2D eigenvalue weighted by Crippen LogP contribution is 2.14. The maximum Gasteiger partial charge on any atom is 0.238 e. The maximum absolute atomic E-state index is 12.8. The van der Waals surface area contributed by atoms with E-state index in [0.29, 0.717) is 12.2 Å². The highest BCUT2D eigenvalue weighted by Gasteiger charge is 2.13. The Labute approximate surface area is 122 Å². The SMILES string of the molecule is Cc1noc(C)c1CN(C)CC(=O)Nc1ccc(F)cc1. The summed E-state index contributed by atoms with van der Waals surface area (Å²) in [4.78, 5) is 13.8. The van der Waals surface area contributed by atoms with E-state index >= 15 is 0 Å². The first-order chi connectivity index (χ1) is 9.95. The predicted octanol–water partition coefficient (Wildman–Crippen LogP) is 2.50. The standard InChI is InChI=1S/C15H18FN3O2/c1-10-14(11(2)21-18-10)8-19(3)9-15(20)17-13-6-4-12(16)5-7-13/h4-7H,8-9H2,1-3H3,(H,17,20). The third-order valence-electron chi connectivity index (χ3n) is 3.15. The minimum absolute atomic E-state index is 0.157. The second kappa shape index (κ2) is 6.49. The van der Waals surface area contributed by atoms with Crippen LogP contribution in [0.2, 0.25) is 0 Å². The molecule has 0 unspecified atom stereocenters. The van der Waals surface area contributed by atoms with E-state index in [0.717, 1.165) is 17.0 Å². The minimum atomic E-state index is -0.330. The molecule has 1 heterocycles. The normalized spacial score (nSPS) is 10.9. The Kier molecular flexibility index (Phi) is 4.70. The van der Waals surface area contributed by atoms with E-state index in [1.54, 1.807) is 0 Å². The van der Waals surface area contributed by atoms with E-state index in [1.807, 2.05) is 25.8 Å². The second-order valence-corrected chi connectivity index (χ2v) is 5.03. The number of carbonyl (C=O) groups excluding carboxylic acids is 1. The number of carbonyl (C=O) groups is 1. The van der Waals surface area contributed by atoms with Crippen LogP contribution in [0.25, 0.3) is 0 Å². The number of aromatic nitrogens is 1. The highest BCUT2D eigenvalue weighted by atomic mass is 19.1. The summed E-state index contributed by atoms with van der Waals surface area (Å²) < 4.78 is 17.9. The van der Waals surface area contributed by atoms with Gasteiger partial charge in [-0.15, -0.1) is 0 Å². The topological polar surface area (TPSA) is 58.4 Å². The average Bonchev–Trinajstić information content (AvgIpc) is 2.73. The molecule has 0 spiro atoms. The molecule has 1 N–H and O–H groups in total. The van der Waals surface area contributed by atoms with E-state index in [9.17, 15) is 9.18 Å². The summed E-state index contributed by atoms with van der Waals surface area (Å²) in [6.45, 7) is 4.53. The first kappa shape index (κ1) is 15.2. The van der Waals surface area contributed by atoms with Gasteiger partial charge in [0, 0.05) is 17.8 Å². The summed E-state index contributed by atoms with van der Waals surface area (Å²) >= 11 is 0. The van der Waals surface area contributed by atoms with Gasteiger partial charge in [-0.05, 0) is 45.2 Å². The van der Waals surface area contributed by atoms with Crippen molar-refractivity contribution in [1.82, 2.24) is 10.1 Å². The molecule has 112 valence electrons. The highest BCUT2D eigenvalue weighted by molar-refractivity contribution is 5.92. The number of rotatable bonds is 5. The molecule has 0 fully saturated rings. The van der Waals surface area contributed by atoms with Crippen LogP contribution < -0.4 is 5.32 Å². The lowest BCUT2D eigenvalue weighted by Crippen LogP contribution is -2.30. The molecular weight excluding hydrogens is 273 g/mol. The summed E-state index contributed by atoms with van der Waals surface area (Å²) in [6.07, 6.45) is 0. The lowest BCUT2D eigenvalue weighted by molar-refractivity contribution is -0.117. The molecule has 5 nitrogen and oxygen atoms in total. The molecule has 1 aromatic heterocycles. The summed E-state index contributed by atoms with van der Waals surface area (Å²) in [6, 6.07) is 5.68. The van der Waals surface area contributed by atoms with Gasteiger partial charge in [0.1, 0.15) is 11.6 Å². The zero-order valence-corrected chi connectivity index (χ0v) is 12.3. The Balaban J connectivity index is 1.89. The van der Waals surface area contributed by atoms with Crippen LogP contribution in [-0.4, -0.2) is 29.6 Å². The van der Waals surface area contributed by atoms with E-state index in [2.05, 4.69) is 10.5 Å². The van der Waals surface area contributed by atoms with Crippen molar-refractivity contribution in [2.24, 2.45) is 0 Å². The van der Waals surface area contributed by atoms with Crippen LogP contribution >= 0.6 is 0 Å². The lowest BCUT2D eigenvalue weighted by Gasteiger charge is -2.16. The van der Waals surface area contributed by atoms with Gasteiger partial charge in [0.15, 0.2) is 0 Å². The summed E-state index contributed by atoms with van der Waals surface area (Å²) in [7, 11) is 1.84. The van der Waals surface area contributed by atoms with Crippen LogP contribution in [0.5, 0.6) is 0 Å². The van der Waals surface area contributed by atoms with Crippen molar-refractivity contribution in [3.63, 3.8) is 0 Å². The van der Waals surface area contributed by atoms with Crippen molar-refractivity contribution in [2.75, 3.05) is 18.9 Å². The van der Waals surface area contributed by atoms with E-state index in [-0.39, 0.29) is 18.3 Å². The first-order valence-electron chi connectivity index (χ1n) is 6.61. The Hall–Kier alpha value is -2.21. The number of aryl methyl sites for hydroxylation is 2. The number of benzene rings is 1. The van der Waals surface area contributed by atoms with Crippen LogP contribution in [-0.2, 0) is 11.3 Å². The number of anilines is 1.